The van der Waals surface area contributed by atoms with Crippen LogP contribution < -0.4 is 22.5 Å². The van der Waals surface area contributed by atoms with E-state index in [0.29, 0.717) is 25.1 Å². The SMILES string of the molecule is COc1ccc(C(O)C(C)[NH2+]CCC(=O)c2c(C)nn(Cc3ccccc3)c2C)cc1.[Cl-]. The van der Waals surface area contributed by atoms with E-state index in [0.717, 1.165) is 28.3 Å². The Balaban J connectivity index is 0.00000363. The number of carbonyl (C=O) groups is 1. The molecule has 0 fully saturated rings. The van der Waals surface area contributed by atoms with Crippen LogP contribution in [0.1, 0.15) is 52.3 Å². The first-order chi connectivity index (χ1) is 14.9. The van der Waals surface area contributed by atoms with Gasteiger partial charge in [-0.15, -0.1) is 0 Å². The van der Waals surface area contributed by atoms with Crippen LogP contribution in [0.25, 0.3) is 0 Å². The first-order valence-electron chi connectivity index (χ1n) is 10.7. The van der Waals surface area contributed by atoms with E-state index in [4.69, 9.17) is 4.74 Å². The van der Waals surface area contributed by atoms with Crippen molar-refractivity contribution < 1.29 is 32.4 Å². The summed E-state index contributed by atoms with van der Waals surface area (Å²) in [7, 11) is 1.62. The van der Waals surface area contributed by atoms with Gasteiger partial charge in [0.25, 0.3) is 0 Å². The van der Waals surface area contributed by atoms with Crippen molar-refractivity contribution in [3.8, 4) is 5.75 Å². The number of aromatic nitrogens is 2. The van der Waals surface area contributed by atoms with Crippen molar-refractivity contribution in [3.05, 3.63) is 82.7 Å². The summed E-state index contributed by atoms with van der Waals surface area (Å²) in [6.07, 6.45) is -0.212. The van der Waals surface area contributed by atoms with Crippen molar-refractivity contribution in [1.82, 2.24) is 9.78 Å². The maximum absolute atomic E-state index is 12.9. The van der Waals surface area contributed by atoms with Crippen LogP contribution in [-0.4, -0.2) is 40.4 Å². The summed E-state index contributed by atoms with van der Waals surface area (Å²) in [6.45, 7) is 7.07. The molecule has 2 unspecified atom stereocenters. The van der Waals surface area contributed by atoms with Gasteiger partial charge in [-0.3, -0.25) is 9.48 Å². The van der Waals surface area contributed by atoms with Gasteiger partial charge in [-0.05, 0) is 44.0 Å². The normalized spacial score (nSPS) is 12.7. The number of quaternary nitrogens is 1. The maximum Gasteiger partial charge on any atom is 0.172 e. The molecule has 1 heterocycles. The fourth-order valence-electron chi connectivity index (χ4n) is 3.85. The van der Waals surface area contributed by atoms with Crippen molar-refractivity contribution in [1.29, 1.82) is 0 Å². The Morgan fingerprint density at radius 1 is 1.12 bits per heavy atom. The van der Waals surface area contributed by atoms with Crippen LogP contribution in [-0.2, 0) is 6.54 Å². The van der Waals surface area contributed by atoms with Crippen molar-refractivity contribution in [2.45, 2.75) is 45.9 Å². The summed E-state index contributed by atoms with van der Waals surface area (Å²) < 4.78 is 7.06. The number of methoxy groups -OCH3 is 1. The fraction of sp³-hybridized carbons (Fsp3) is 0.360. The van der Waals surface area contributed by atoms with Crippen molar-refractivity contribution in [2.75, 3.05) is 13.7 Å². The van der Waals surface area contributed by atoms with E-state index in [2.05, 4.69) is 17.2 Å². The lowest BCUT2D eigenvalue weighted by molar-refractivity contribution is -0.693. The van der Waals surface area contributed by atoms with Crippen LogP contribution in [0.5, 0.6) is 5.75 Å². The largest absolute Gasteiger partial charge is 1.00 e. The number of ketones is 1. The summed E-state index contributed by atoms with van der Waals surface area (Å²) in [5.41, 5.74) is 4.38. The Hall–Kier alpha value is -2.67. The summed E-state index contributed by atoms with van der Waals surface area (Å²) in [4.78, 5) is 12.9. The Bertz CT molecular complexity index is 1000. The highest BCUT2D eigenvalue weighted by atomic mass is 35.5. The maximum atomic E-state index is 12.9. The van der Waals surface area contributed by atoms with Gasteiger partial charge >= 0.3 is 0 Å². The minimum absolute atomic E-state index is 0. The van der Waals surface area contributed by atoms with Gasteiger partial charge < -0.3 is 27.6 Å². The second kappa shape index (κ2) is 11.8. The summed E-state index contributed by atoms with van der Waals surface area (Å²) in [5.74, 6) is 0.855. The zero-order valence-electron chi connectivity index (χ0n) is 19.1. The molecule has 1 aromatic heterocycles. The van der Waals surface area contributed by atoms with Crippen molar-refractivity contribution >= 4 is 5.78 Å². The third-order valence-corrected chi connectivity index (χ3v) is 5.70. The Morgan fingerprint density at radius 2 is 1.78 bits per heavy atom. The standard InChI is InChI=1S/C25H31N3O3.ClH/c1-17-24(19(3)28(27-17)16-20-8-6-5-7-9-20)23(29)14-15-26-18(2)25(30)21-10-12-22(31-4)13-11-21;/h5-13,18,25-26,30H,14-16H2,1-4H3;1H. The number of aliphatic hydroxyl groups is 1. The summed E-state index contributed by atoms with van der Waals surface area (Å²) in [6, 6.07) is 17.5. The second-order valence-electron chi connectivity index (χ2n) is 7.96. The van der Waals surface area contributed by atoms with E-state index in [1.54, 1.807) is 7.11 Å². The number of nitrogens with zero attached hydrogens (tertiary/aromatic N) is 2. The van der Waals surface area contributed by atoms with Crippen molar-refractivity contribution in [2.24, 2.45) is 0 Å². The number of aliphatic hydroxyl groups excluding tert-OH is 1. The van der Waals surface area contributed by atoms with Gasteiger partial charge in [-0.25, -0.2) is 0 Å². The molecule has 32 heavy (non-hydrogen) atoms. The number of ether oxygens (including phenoxy) is 1. The quantitative estimate of drug-likeness (QED) is 0.414. The van der Waals surface area contributed by atoms with Crippen LogP contribution >= 0.6 is 0 Å². The number of Topliss-reactive ketones (excluding diaryl/α,β-unsaturated/α-hetero) is 1. The van der Waals surface area contributed by atoms with E-state index in [9.17, 15) is 9.90 Å². The van der Waals surface area contributed by atoms with Crippen LogP contribution in [0.15, 0.2) is 54.6 Å². The van der Waals surface area contributed by atoms with Gasteiger partial charge in [0.2, 0.25) is 0 Å². The number of benzene rings is 2. The number of aryl methyl sites for hydroxylation is 1. The molecule has 3 N–H and O–H groups in total. The predicted octanol–water partition coefficient (Wildman–Crippen LogP) is -0.181. The molecule has 0 aliphatic heterocycles. The number of nitrogens with two attached hydrogens (primary N) is 1. The fourth-order valence-corrected chi connectivity index (χ4v) is 3.85. The predicted molar refractivity (Wildman–Crippen MR) is 120 cm³/mol. The number of rotatable bonds is 10. The Morgan fingerprint density at radius 3 is 2.41 bits per heavy atom. The highest BCUT2D eigenvalue weighted by Crippen LogP contribution is 2.19. The molecule has 0 aliphatic carbocycles. The summed E-state index contributed by atoms with van der Waals surface area (Å²) >= 11 is 0. The number of hydrogen-bond donors (Lipinski definition) is 2. The first-order valence-corrected chi connectivity index (χ1v) is 10.7. The van der Waals surface area contributed by atoms with Crippen LogP contribution in [0.2, 0.25) is 0 Å². The highest BCUT2D eigenvalue weighted by molar-refractivity contribution is 5.98. The van der Waals surface area contributed by atoms with Gasteiger partial charge in [0, 0.05) is 5.69 Å². The monoisotopic (exact) mass is 457 g/mol. The number of carbonyl (C=O) groups excluding carboxylic acids is 1. The number of hydrogen-bond acceptors (Lipinski definition) is 4. The lowest BCUT2D eigenvalue weighted by Crippen LogP contribution is -3.00. The average molecular weight is 458 g/mol. The second-order valence-corrected chi connectivity index (χ2v) is 7.96. The molecule has 0 aliphatic rings. The highest BCUT2D eigenvalue weighted by Gasteiger charge is 2.22. The van der Waals surface area contributed by atoms with E-state index < -0.39 is 6.10 Å². The molecule has 2 aromatic carbocycles. The molecule has 2 atom stereocenters. The van der Waals surface area contributed by atoms with Crippen LogP contribution in [0.3, 0.4) is 0 Å². The third kappa shape index (κ3) is 6.19. The molecule has 3 rings (SSSR count). The lowest BCUT2D eigenvalue weighted by Gasteiger charge is -2.18. The third-order valence-electron chi connectivity index (χ3n) is 5.70. The molecule has 3 aromatic rings. The average Bonchev–Trinajstić information content (AvgIpc) is 3.06. The Labute approximate surface area is 196 Å². The smallest absolute Gasteiger partial charge is 0.172 e. The van der Waals surface area contributed by atoms with Gasteiger partial charge in [0.05, 0.1) is 37.9 Å². The van der Waals surface area contributed by atoms with Gasteiger partial charge in [0.15, 0.2) is 5.78 Å². The van der Waals surface area contributed by atoms with E-state index in [-0.39, 0.29) is 24.2 Å². The van der Waals surface area contributed by atoms with Crippen LogP contribution in [0.4, 0.5) is 0 Å². The molecule has 0 saturated carbocycles. The molecule has 7 heteroatoms. The van der Waals surface area contributed by atoms with E-state index in [1.165, 1.54) is 0 Å². The molecule has 0 radical (unpaired) electrons. The van der Waals surface area contributed by atoms with E-state index >= 15 is 0 Å². The van der Waals surface area contributed by atoms with Gasteiger partial charge in [-0.1, -0.05) is 42.5 Å². The Kier molecular flexibility index (Phi) is 9.44. The molecule has 0 spiro atoms. The summed E-state index contributed by atoms with van der Waals surface area (Å²) in [5, 5.41) is 17.2. The van der Waals surface area contributed by atoms with Gasteiger partial charge in [-0.2, -0.15) is 5.10 Å². The van der Waals surface area contributed by atoms with E-state index in [1.807, 2.05) is 73.2 Å². The molecular weight excluding hydrogens is 426 g/mol. The minimum Gasteiger partial charge on any atom is -1.00 e. The topological polar surface area (TPSA) is 81.0 Å². The zero-order valence-corrected chi connectivity index (χ0v) is 19.8. The molecule has 0 amide bonds. The lowest BCUT2D eigenvalue weighted by atomic mass is 10.0. The molecular formula is C25H32ClN3O3. The minimum atomic E-state index is -0.613. The first kappa shape index (κ1) is 25.6. The molecule has 0 saturated heterocycles. The van der Waals surface area contributed by atoms with Gasteiger partial charge in [0.1, 0.15) is 17.9 Å². The zero-order chi connectivity index (χ0) is 22.4. The molecule has 172 valence electrons. The van der Waals surface area contributed by atoms with Crippen molar-refractivity contribution in [3.63, 3.8) is 0 Å². The molecule has 0 bridgehead atoms. The van der Waals surface area contributed by atoms with Crippen LogP contribution in [0, 0.1) is 13.8 Å². The number of halogens is 1. The molecule has 6 nitrogen and oxygen atoms in total.